The van der Waals surface area contributed by atoms with Gasteiger partial charge in [0.05, 0.1) is 6.04 Å². The van der Waals surface area contributed by atoms with Crippen LogP contribution in [0.5, 0.6) is 0 Å². The van der Waals surface area contributed by atoms with E-state index >= 15 is 0 Å². The van der Waals surface area contributed by atoms with Gasteiger partial charge < -0.3 is 24.8 Å². The van der Waals surface area contributed by atoms with E-state index in [2.05, 4.69) is 49.7 Å². The van der Waals surface area contributed by atoms with Gasteiger partial charge in [0.15, 0.2) is 0 Å². The second kappa shape index (κ2) is 12.8. The van der Waals surface area contributed by atoms with Crippen molar-refractivity contribution < 1.29 is 9.59 Å². The SMILES string of the molecule is CC(C)C[C@@H]1NCCN([C@](C=O)(CC(C)C)CN2CCC(CCN3CCC[C@H](C)C3)CC2)C1=O. The number of nitrogens with one attached hydrogen (secondary N) is 1. The van der Waals surface area contributed by atoms with Crippen LogP contribution in [0.25, 0.3) is 0 Å². The molecule has 0 radical (unpaired) electrons. The van der Waals surface area contributed by atoms with Gasteiger partial charge in [-0.25, -0.2) is 0 Å². The van der Waals surface area contributed by atoms with Crippen molar-refractivity contribution in [1.29, 1.82) is 0 Å². The Kier molecular flexibility index (Phi) is 10.4. The Morgan fingerprint density at radius 2 is 1.76 bits per heavy atom. The molecule has 196 valence electrons. The van der Waals surface area contributed by atoms with Gasteiger partial charge in [-0.2, -0.15) is 0 Å². The first-order valence-electron chi connectivity index (χ1n) is 14.2. The molecule has 6 heteroatoms. The molecule has 3 aliphatic rings. The van der Waals surface area contributed by atoms with Crippen molar-refractivity contribution >= 4 is 12.2 Å². The van der Waals surface area contributed by atoms with Crippen molar-refractivity contribution in [3.05, 3.63) is 0 Å². The third-order valence-corrected chi connectivity index (χ3v) is 8.32. The van der Waals surface area contributed by atoms with Crippen LogP contribution in [0, 0.1) is 23.7 Å². The highest BCUT2D eigenvalue weighted by atomic mass is 16.2. The molecule has 3 atom stereocenters. The third-order valence-electron chi connectivity index (χ3n) is 8.32. The van der Waals surface area contributed by atoms with Crippen molar-refractivity contribution in [1.82, 2.24) is 20.0 Å². The van der Waals surface area contributed by atoms with E-state index in [-0.39, 0.29) is 11.9 Å². The summed E-state index contributed by atoms with van der Waals surface area (Å²) in [6.07, 6.45) is 9.15. The van der Waals surface area contributed by atoms with Crippen LogP contribution in [-0.4, -0.2) is 90.8 Å². The van der Waals surface area contributed by atoms with Gasteiger partial charge in [0.1, 0.15) is 11.8 Å². The molecule has 0 aromatic rings. The average Bonchev–Trinajstić information content (AvgIpc) is 2.79. The molecular formula is C28H52N4O2. The number of likely N-dealkylation sites (tertiary alicyclic amines) is 2. The molecule has 3 aliphatic heterocycles. The molecule has 1 N–H and O–H groups in total. The molecule has 0 aliphatic carbocycles. The summed E-state index contributed by atoms with van der Waals surface area (Å²) in [7, 11) is 0. The van der Waals surface area contributed by atoms with Crippen LogP contribution in [0.4, 0.5) is 0 Å². The number of carbonyl (C=O) groups is 2. The summed E-state index contributed by atoms with van der Waals surface area (Å²) in [6, 6.07) is -0.163. The first kappa shape index (κ1) is 27.6. The van der Waals surface area contributed by atoms with Gasteiger partial charge in [-0.1, -0.05) is 34.6 Å². The van der Waals surface area contributed by atoms with Gasteiger partial charge in [-0.15, -0.1) is 0 Å². The molecule has 34 heavy (non-hydrogen) atoms. The zero-order chi connectivity index (χ0) is 24.7. The number of nitrogens with zero attached hydrogens (tertiary/aromatic N) is 3. The van der Waals surface area contributed by atoms with Crippen LogP contribution < -0.4 is 5.32 Å². The maximum Gasteiger partial charge on any atom is 0.240 e. The smallest absolute Gasteiger partial charge is 0.240 e. The summed E-state index contributed by atoms with van der Waals surface area (Å²) in [5.41, 5.74) is -0.709. The Hall–Kier alpha value is -0.980. The highest BCUT2D eigenvalue weighted by molar-refractivity contribution is 5.87. The minimum Gasteiger partial charge on any atom is -0.326 e. The topological polar surface area (TPSA) is 55.9 Å². The average molecular weight is 477 g/mol. The molecule has 0 aromatic heterocycles. The van der Waals surface area contributed by atoms with E-state index in [0.29, 0.717) is 24.9 Å². The molecule has 3 rings (SSSR count). The zero-order valence-corrected chi connectivity index (χ0v) is 22.7. The number of rotatable bonds is 11. The van der Waals surface area contributed by atoms with E-state index < -0.39 is 5.54 Å². The number of piperidine rings is 2. The Bertz CT molecular complexity index is 646. The van der Waals surface area contributed by atoms with Gasteiger partial charge in [-0.3, -0.25) is 4.79 Å². The molecule has 0 unspecified atom stereocenters. The van der Waals surface area contributed by atoms with E-state index in [9.17, 15) is 9.59 Å². The van der Waals surface area contributed by atoms with Crippen LogP contribution in [-0.2, 0) is 9.59 Å². The van der Waals surface area contributed by atoms with Crippen LogP contribution in [0.3, 0.4) is 0 Å². The van der Waals surface area contributed by atoms with Crippen molar-refractivity contribution in [3.8, 4) is 0 Å². The predicted molar refractivity (Wildman–Crippen MR) is 140 cm³/mol. The quantitative estimate of drug-likeness (QED) is 0.461. The summed E-state index contributed by atoms with van der Waals surface area (Å²) in [4.78, 5) is 33.3. The number of hydrogen-bond donors (Lipinski definition) is 1. The molecule has 3 fully saturated rings. The van der Waals surface area contributed by atoms with E-state index in [0.717, 1.165) is 50.6 Å². The van der Waals surface area contributed by atoms with Crippen LogP contribution in [0.2, 0.25) is 0 Å². The Morgan fingerprint density at radius 1 is 1.03 bits per heavy atom. The van der Waals surface area contributed by atoms with E-state index in [1.807, 2.05) is 4.90 Å². The number of carbonyl (C=O) groups excluding carboxylic acids is 2. The summed E-state index contributed by atoms with van der Waals surface area (Å²) in [5.74, 6) is 2.57. The van der Waals surface area contributed by atoms with Crippen molar-refractivity contribution in [2.45, 2.75) is 91.1 Å². The Morgan fingerprint density at radius 3 is 2.38 bits per heavy atom. The standard InChI is InChI=1S/C28H52N4O2/c1-22(2)17-26-27(34)32(16-11-29-26)28(21-33,18-23(3)4)20-31-14-9-25(10-15-31)8-13-30-12-6-7-24(5)19-30/h21-26,29H,6-20H2,1-5H3/t24-,26-,28+/m0/s1. The molecule has 0 spiro atoms. The lowest BCUT2D eigenvalue weighted by Crippen LogP contribution is -2.67. The molecule has 0 saturated carbocycles. The van der Waals surface area contributed by atoms with Crippen molar-refractivity contribution in [3.63, 3.8) is 0 Å². The summed E-state index contributed by atoms with van der Waals surface area (Å²) < 4.78 is 0. The first-order chi connectivity index (χ1) is 16.2. The fourth-order valence-electron chi connectivity index (χ4n) is 6.63. The van der Waals surface area contributed by atoms with Gasteiger partial charge in [-0.05, 0) is 94.8 Å². The second-order valence-corrected chi connectivity index (χ2v) is 12.5. The summed E-state index contributed by atoms with van der Waals surface area (Å²) >= 11 is 0. The Labute approximate surface area is 209 Å². The van der Waals surface area contributed by atoms with Gasteiger partial charge in [0, 0.05) is 26.2 Å². The third kappa shape index (κ3) is 7.51. The fraction of sp³-hybridized carbons (Fsp3) is 0.929. The minimum atomic E-state index is -0.709. The van der Waals surface area contributed by atoms with Gasteiger partial charge in [0.25, 0.3) is 0 Å². The molecule has 6 nitrogen and oxygen atoms in total. The molecule has 3 saturated heterocycles. The fourth-order valence-corrected chi connectivity index (χ4v) is 6.63. The molecule has 0 bridgehead atoms. The van der Waals surface area contributed by atoms with Crippen molar-refractivity contribution in [2.24, 2.45) is 23.7 Å². The maximum atomic E-state index is 13.5. The number of amides is 1. The van der Waals surface area contributed by atoms with E-state index in [1.165, 1.54) is 51.7 Å². The minimum absolute atomic E-state index is 0.123. The summed E-state index contributed by atoms with van der Waals surface area (Å²) in [6.45, 7) is 19.0. The molecule has 1 amide bonds. The van der Waals surface area contributed by atoms with E-state index in [1.54, 1.807) is 0 Å². The molecular weight excluding hydrogens is 424 g/mol. The lowest BCUT2D eigenvalue weighted by molar-refractivity contribution is -0.149. The number of piperazine rings is 1. The molecule has 0 aromatic carbocycles. The highest BCUT2D eigenvalue weighted by Crippen LogP contribution is 2.30. The predicted octanol–water partition coefficient (Wildman–Crippen LogP) is 3.65. The Balaban J connectivity index is 1.58. The van der Waals surface area contributed by atoms with Gasteiger partial charge >= 0.3 is 0 Å². The first-order valence-corrected chi connectivity index (χ1v) is 14.2. The second-order valence-electron chi connectivity index (χ2n) is 12.5. The maximum absolute atomic E-state index is 13.5. The zero-order valence-electron chi connectivity index (χ0n) is 22.7. The van der Waals surface area contributed by atoms with Crippen LogP contribution >= 0.6 is 0 Å². The summed E-state index contributed by atoms with van der Waals surface area (Å²) in [5, 5.41) is 3.41. The highest BCUT2D eigenvalue weighted by Gasteiger charge is 2.45. The van der Waals surface area contributed by atoms with Crippen LogP contribution in [0.15, 0.2) is 0 Å². The lowest BCUT2D eigenvalue weighted by atomic mass is 9.84. The normalized spacial score (nSPS) is 28.0. The van der Waals surface area contributed by atoms with Gasteiger partial charge in [0.2, 0.25) is 5.91 Å². The largest absolute Gasteiger partial charge is 0.326 e. The van der Waals surface area contributed by atoms with Crippen LogP contribution in [0.1, 0.15) is 79.6 Å². The lowest BCUT2D eigenvalue weighted by Gasteiger charge is -2.48. The van der Waals surface area contributed by atoms with Crippen molar-refractivity contribution in [2.75, 3.05) is 52.4 Å². The number of hydrogen-bond acceptors (Lipinski definition) is 5. The number of aldehydes is 1. The van der Waals surface area contributed by atoms with E-state index in [4.69, 9.17) is 0 Å². The monoisotopic (exact) mass is 476 g/mol. The molecule has 3 heterocycles.